The highest BCUT2D eigenvalue weighted by Crippen LogP contribution is 2.72. The number of fused-ring (bicyclic) bond motifs is 15. The molecule has 4 saturated carbocycles. The lowest BCUT2D eigenvalue weighted by Gasteiger charge is -2.65. The first-order valence-electron chi connectivity index (χ1n) is 25.9. The number of benzene rings is 9. The highest BCUT2D eigenvalue weighted by molar-refractivity contribution is 6.09. The summed E-state index contributed by atoms with van der Waals surface area (Å²) in [6, 6.07) is 77.0. The van der Waals surface area contributed by atoms with E-state index < -0.39 is 5.41 Å². The van der Waals surface area contributed by atoms with Crippen molar-refractivity contribution in [1.29, 1.82) is 0 Å². The lowest BCUT2D eigenvalue weighted by atomic mass is 9.38. The normalized spacial score (nSPS) is 23.0. The second kappa shape index (κ2) is 13.9. The van der Waals surface area contributed by atoms with E-state index in [4.69, 9.17) is 4.42 Å². The van der Waals surface area contributed by atoms with Crippen molar-refractivity contribution >= 4 is 39.0 Å². The Labute approximate surface area is 410 Å². The molecule has 0 amide bonds. The van der Waals surface area contributed by atoms with Crippen LogP contribution in [0, 0.1) is 23.7 Å². The van der Waals surface area contributed by atoms with E-state index >= 15 is 0 Å². The molecule has 336 valence electrons. The van der Waals surface area contributed by atoms with E-state index in [1.165, 1.54) is 99.1 Å². The number of nitrogens with zero attached hydrogens (tertiary/aromatic N) is 1. The van der Waals surface area contributed by atoms with E-state index in [0.717, 1.165) is 50.6 Å². The van der Waals surface area contributed by atoms with Crippen LogP contribution < -0.4 is 4.90 Å². The fourth-order valence-electron chi connectivity index (χ4n) is 16.5. The highest BCUT2D eigenvalue weighted by atomic mass is 16.3. The number of anilines is 3. The van der Waals surface area contributed by atoms with E-state index in [1.807, 2.05) is 0 Å². The van der Waals surface area contributed by atoms with E-state index in [-0.39, 0.29) is 10.8 Å². The Morgan fingerprint density at radius 2 is 0.900 bits per heavy atom. The minimum Gasteiger partial charge on any atom is -0.455 e. The zero-order chi connectivity index (χ0) is 46.1. The van der Waals surface area contributed by atoms with Gasteiger partial charge < -0.3 is 9.32 Å². The Kier molecular flexibility index (Phi) is 7.82. The molecule has 7 aliphatic rings. The van der Waals surface area contributed by atoms with E-state index in [2.05, 4.69) is 219 Å². The van der Waals surface area contributed by atoms with Crippen molar-refractivity contribution in [3.63, 3.8) is 0 Å². The van der Waals surface area contributed by atoms with Crippen LogP contribution in [-0.4, -0.2) is 0 Å². The van der Waals surface area contributed by atoms with Crippen LogP contribution in [0.15, 0.2) is 205 Å². The molecule has 4 fully saturated rings. The third kappa shape index (κ3) is 4.90. The van der Waals surface area contributed by atoms with Gasteiger partial charge in [-0.3, -0.25) is 0 Å². The summed E-state index contributed by atoms with van der Waals surface area (Å²) in [5, 5.41) is 2.29. The van der Waals surface area contributed by atoms with Gasteiger partial charge in [-0.05, 0) is 171 Å². The first-order valence-corrected chi connectivity index (χ1v) is 25.9. The third-order valence-corrected chi connectivity index (χ3v) is 18.9. The van der Waals surface area contributed by atoms with Gasteiger partial charge in [0.05, 0.1) is 5.41 Å². The van der Waals surface area contributed by atoms with Crippen LogP contribution >= 0.6 is 0 Å². The van der Waals surface area contributed by atoms with Gasteiger partial charge in [0, 0.05) is 44.2 Å². The molecule has 0 saturated heterocycles. The first-order chi connectivity index (χ1) is 34.4. The van der Waals surface area contributed by atoms with Crippen molar-refractivity contribution < 1.29 is 4.42 Å². The quantitative estimate of drug-likeness (QED) is 0.175. The molecule has 17 rings (SSSR count). The lowest BCUT2D eigenvalue weighted by Crippen LogP contribution is -2.59. The van der Waals surface area contributed by atoms with Crippen molar-refractivity contribution in [3.8, 4) is 33.4 Å². The van der Waals surface area contributed by atoms with Crippen LogP contribution in [0.25, 0.3) is 55.3 Å². The molecule has 7 aliphatic carbocycles. The molecule has 0 unspecified atom stereocenters. The van der Waals surface area contributed by atoms with Gasteiger partial charge in [0.15, 0.2) is 0 Å². The fourth-order valence-corrected chi connectivity index (χ4v) is 16.5. The largest absolute Gasteiger partial charge is 0.455 e. The number of hydrogen-bond acceptors (Lipinski definition) is 2. The average Bonchev–Trinajstić information content (AvgIpc) is 4.01. The molecular formula is C68H53NO. The van der Waals surface area contributed by atoms with Crippen LogP contribution in [0.1, 0.15) is 90.5 Å². The molecule has 0 atom stereocenters. The Hall–Kier alpha value is -7.42. The van der Waals surface area contributed by atoms with Crippen LogP contribution in [-0.2, 0) is 16.2 Å². The Bertz CT molecular complexity index is 3790. The number of furan rings is 1. The van der Waals surface area contributed by atoms with Crippen molar-refractivity contribution in [2.75, 3.05) is 4.90 Å². The Balaban J connectivity index is 0.981. The second-order valence-corrected chi connectivity index (χ2v) is 22.4. The molecular weight excluding hydrogens is 847 g/mol. The summed E-state index contributed by atoms with van der Waals surface area (Å²) in [5.41, 5.74) is 24.0. The molecule has 0 aliphatic heterocycles. The first kappa shape index (κ1) is 39.4. The Morgan fingerprint density at radius 1 is 0.386 bits per heavy atom. The molecule has 1 heterocycles. The van der Waals surface area contributed by atoms with Gasteiger partial charge in [0.2, 0.25) is 0 Å². The summed E-state index contributed by atoms with van der Waals surface area (Å²) in [4.78, 5) is 2.58. The molecule has 2 nitrogen and oxygen atoms in total. The van der Waals surface area contributed by atoms with Crippen molar-refractivity contribution in [3.05, 3.63) is 245 Å². The molecule has 2 heteroatoms. The summed E-state index contributed by atoms with van der Waals surface area (Å²) >= 11 is 0. The molecule has 0 N–H and O–H groups in total. The minimum atomic E-state index is -0.485. The van der Waals surface area contributed by atoms with Gasteiger partial charge in [0.1, 0.15) is 11.2 Å². The molecule has 9 aromatic carbocycles. The van der Waals surface area contributed by atoms with Crippen LogP contribution in [0.3, 0.4) is 0 Å². The maximum atomic E-state index is 6.70. The number of para-hydroxylation sites is 2. The standard InChI is InChI=1S/C68H53NO/c1-66(2)56-23-7-3-17-50(56)53-31-29-47(39-62(53)66)69(46-16-13-15-43(38-46)49-21-14-22-55-54-20-6-12-28-64(54)70-65(49)55)48-30-32-61-63(40-48)68(57-24-8-4-18-51(57)52-19-5-9-25-58(52)68)60-27-11-10-26-59(60)67(61)44-34-41-33-42(36-44)37-45(67)35-41/h3-32,38-42,44-45H,33-37H2,1-2H3. The Morgan fingerprint density at radius 3 is 1.63 bits per heavy atom. The lowest BCUT2D eigenvalue weighted by molar-refractivity contribution is -0.0440. The van der Waals surface area contributed by atoms with Crippen LogP contribution in [0.2, 0.25) is 0 Å². The van der Waals surface area contributed by atoms with Gasteiger partial charge in [0.25, 0.3) is 0 Å². The molecule has 1 aromatic heterocycles. The molecule has 4 bridgehead atoms. The number of hydrogen-bond donors (Lipinski definition) is 0. The zero-order valence-electron chi connectivity index (χ0n) is 39.8. The summed E-state index contributed by atoms with van der Waals surface area (Å²) in [6.45, 7) is 4.81. The van der Waals surface area contributed by atoms with Gasteiger partial charge in [-0.25, -0.2) is 0 Å². The van der Waals surface area contributed by atoms with Gasteiger partial charge in [-0.1, -0.05) is 172 Å². The van der Waals surface area contributed by atoms with Crippen molar-refractivity contribution in [2.45, 2.75) is 62.2 Å². The summed E-state index contributed by atoms with van der Waals surface area (Å²) in [7, 11) is 0. The average molecular weight is 900 g/mol. The SMILES string of the molecule is CC1(C)c2ccccc2-c2ccc(N(c3cccc(-c4cccc5c4oc4ccccc45)c3)c3ccc4c(c3)C3(c5ccccc5-c5ccccc53)c3ccccc3C43C4CC5CC(C4)CC3C5)cc21. The zero-order valence-corrected chi connectivity index (χ0v) is 39.8. The molecule has 70 heavy (non-hydrogen) atoms. The number of rotatable bonds is 4. The highest BCUT2D eigenvalue weighted by Gasteiger charge is 2.64. The topological polar surface area (TPSA) is 16.4 Å². The monoisotopic (exact) mass is 899 g/mol. The van der Waals surface area contributed by atoms with Crippen LogP contribution in [0.4, 0.5) is 17.1 Å². The second-order valence-electron chi connectivity index (χ2n) is 22.4. The smallest absolute Gasteiger partial charge is 0.143 e. The fraction of sp³-hybridized carbons (Fsp3) is 0.206. The van der Waals surface area contributed by atoms with E-state index in [1.54, 1.807) is 11.1 Å². The predicted molar refractivity (Wildman–Crippen MR) is 287 cm³/mol. The van der Waals surface area contributed by atoms with E-state index in [0.29, 0.717) is 11.8 Å². The van der Waals surface area contributed by atoms with Gasteiger partial charge in [-0.2, -0.15) is 0 Å². The predicted octanol–water partition coefficient (Wildman–Crippen LogP) is 17.4. The maximum Gasteiger partial charge on any atom is 0.143 e. The van der Waals surface area contributed by atoms with Crippen LogP contribution in [0.5, 0.6) is 0 Å². The van der Waals surface area contributed by atoms with Gasteiger partial charge in [-0.15, -0.1) is 0 Å². The van der Waals surface area contributed by atoms with E-state index in [9.17, 15) is 0 Å². The molecule has 2 spiro atoms. The maximum absolute atomic E-state index is 6.70. The summed E-state index contributed by atoms with van der Waals surface area (Å²) in [6.07, 6.45) is 6.79. The van der Waals surface area contributed by atoms with Crippen molar-refractivity contribution in [1.82, 2.24) is 0 Å². The third-order valence-electron chi connectivity index (χ3n) is 18.9. The van der Waals surface area contributed by atoms with Crippen molar-refractivity contribution in [2.24, 2.45) is 23.7 Å². The summed E-state index contributed by atoms with van der Waals surface area (Å²) in [5.74, 6) is 2.98. The summed E-state index contributed by atoms with van der Waals surface area (Å²) < 4.78 is 6.70. The molecule has 0 radical (unpaired) electrons. The van der Waals surface area contributed by atoms with Gasteiger partial charge >= 0.3 is 0 Å². The minimum absolute atomic E-state index is 0.0328. The molecule has 10 aromatic rings.